The van der Waals surface area contributed by atoms with Crippen LogP contribution in [0.5, 0.6) is 0 Å². The van der Waals surface area contributed by atoms with Crippen LogP contribution in [0.4, 0.5) is 0 Å². The molecule has 0 aromatic heterocycles. The van der Waals surface area contributed by atoms with E-state index in [-0.39, 0.29) is 5.54 Å². The zero-order valence-electron chi connectivity index (χ0n) is 7.63. The van der Waals surface area contributed by atoms with Gasteiger partial charge in [0.05, 0.1) is 0 Å². The van der Waals surface area contributed by atoms with Crippen molar-refractivity contribution in [1.29, 1.82) is 0 Å². The molecule has 3 N–H and O–H groups in total. The minimum Gasteiger partial charge on any atom is -0.423 e. The number of hydrogen-bond acceptors (Lipinski definition) is 3. The van der Waals surface area contributed by atoms with Crippen LogP contribution in [0, 0.1) is 0 Å². The Morgan fingerprint density at radius 3 is 2.42 bits per heavy atom. The standard InChI is InChI=1S/C8H14BNO2/c1-6-4-7(9(11)12)5-8(2,3)10-6/h4-5,10-12H,1-3H3. The zero-order valence-corrected chi connectivity index (χ0v) is 7.63. The second-order valence-electron chi connectivity index (χ2n) is 3.69. The van der Waals surface area contributed by atoms with Crippen molar-refractivity contribution in [3.63, 3.8) is 0 Å². The summed E-state index contributed by atoms with van der Waals surface area (Å²) in [6.45, 7) is 5.86. The van der Waals surface area contributed by atoms with Crippen LogP contribution in [0.25, 0.3) is 0 Å². The predicted molar refractivity (Wildman–Crippen MR) is 49.2 cm³/mol. The maximum atomic E-state index is 8.94. The fraction of sp³-hybridized carbons (Fsp3) is 0.500. The van der Waals surface area contributed by atoms with Gasteiger partial charge >= 0.3 is 7.12 Å². The van der Waals surface area contributed by atoms with Crippen LogP contribution < -0.4 is 5.32 Å². The molecule has 1 rings (SSSR count). The minimum atomic E-state index is -1.37. The molecule has 0 aromatic rings. The third-order valence-electron chi connectivity index (χ3n) is 1.73. The Bertz CT molecular complexity index is 243. The number of rotatable bonds is 1. The predicted octanol–water partition coefficient (Wildman–Crippen LogP) is 0.210. The van der Waals surface area contributed by atoms with Gasteiger partial charge in [0.15, 0.2) is 0 Å². The molecule has 1 heterocycles. The fourth-order valence-corrected chi connectivity index (χ4v) is 1.44. The van der Waals surface area contributed by atoms with Gasteiger partial charge in [-0.2, -0.15) is 0 Å². The van der Waals surface area contributed by atoms with E-state index in [1.807, 2.05) is 26.8 Å². The quantitative estimate of drug-likeness (QED) is 0.489. The van der Waals surface area contributed by atoms with Crippen molar-refractivity contribution in [3.8, 4) is 0 Å². The Hall–Kier alpha value is -0.735. The van der Waals surface area contributed by atoms with E-state index in [0.29, 0.717) is 5.47 Å². The molecule has 0 unspecified atom stereocenters. The van der Waals surface area contributed by atoms with E-state index in [4.69, 9.17) is 10.0 Å². The van der Waals surface area contributed by atoms with Crippen molar-refractivity contribution < 1.29 is 10.0 Å². The normalized spacial score (nSPS) is 20.8. The second kappa shape index (κ2) is 2.96. The van der Waals surface area contributed by atoms with E-state index in [1.54, 1.807) is 6.08 Å². The molecular formula is C8H14BNO2. The van der Waals surface area contributed by atoms with E-state index in [0.717, 1.165) is 5.70 Å². The average molecular weight is 167 g/mol. The first-order valence-electron chi connectivity index (χ1n) is 3.96. The highest BCUT2D eigenvalue weighted by Crippen LogP contribution is 2.18. The topological polar surface area (TPSA) is 52.5 Å². The van der Waals surface area contributed by atoms with E-state index in [9.17, 15) is 0 Å². The van der Waals surface area contributed by atoms with Gasteiger partial charge in [-0.05, 0) is 32.3 Å². The lowest BCUT2D eigenvalue weighted by molar-refractivity contribution is 0.417. The van der Waals surface area contributed by atoms with Crippen molar-refractivity contribution in [2.24, 2.45) is 0 Å². The SMILES string of the molecule is CC1=CC(B(O)O)=CC(C)(C)N1. The molecule has 0 spiro atoms. The fourth-order valence-electron chi connectivity index (χ4n) is 1.44. The van der Waals surface area contributed by atoms with Gasteiger partial charge in [0.2, 0.25) is 0 Å². The van der Waals surface area contributed by atoms with Crippen LogP contribution in [0.3, 0.4) is 0 Å². The molecule has 0 amide bonds. The Morgan fingerprint density at radius 2 is 2.00 bits per heavy atom. The summed E-state index contributed by atoms with van der Waals surface area (Å²) >= 11 is 0. The lowest BCUT2D eigenvalue weighted by Crippen LogP contribution is -2.39. The summed E-state index contributed by atoms with van der Waals surface area (Å²) in [5.74, 6) is 0. The molecule has 1 aliphatic heterocycles. The lowest BCUT2D eigenvalue weighted by atomic mass is 9.74. The summed E-state index contributed by atoms with van der Waals surface area (Å²) < 4.78 is 0. The highest BCUT2D eigenvalue weighted by Gasteiger charge is 2.23. The van der Waals surface area contributed by atoms with Gasteiger partial charge < -0.3 is 15.4 Å². The third kappa shape index (κ3) is 2.12. The lowest BCUT2D eigenvalue weighted by Gasteiger charge is -2.29. The van der Waals surface area contributed by atoms with Crippen LogP contribution in [0.2, 0.25) is 0 Å². The molecule has 3 nitrogen and oxygen atoms in total. The average Bonchev–Trinajstić information content (AvgIpc) is 1.82. The molecule has 0 aromatic carbocycles. The summed E-state index contributed by atoms with van der Waals surface area (Å²) in [5.41, 5.74) is 1.31. The highest BCUT2D eigenvalue weighted by atomic mass is 16.4. The summed E-state index contributed by atoms with van der Waals surface area (Å²) in [5, 5.41) is 21.1. The number of nitrogens with one attached hydrogen (secondary N) is 1. The maximum absolute atomic E-state index is 8.94. The van der Waals surface area contributed by atoms with Crippen LogP contribution >= 0.6 is 0 Å². The molecular weight excluding hydrogens is 153 g/mol. The van der Waals surface area contributed by atoms with Gasteiger partial charge in [0.25, 0.3) is 0 Å². The van der Waals surface area contributed by atoms with Crippen LogP contribution in [0.15, 0.2) is 23.3 Å². The molecule has 0 aliphatic carbocycles. The molecule has 66 valence electrons. The first-order chi connectivity index (χ1) is 5.41. The summed E-state index contributed by atoms with van der Waals surface area (Å²) in [6, 6.07) is 0. The van der Waals surface area contributed by atoms with E-state index < -0.39 is 7.12 Å². The van der Waals surface area contributed by atoms with Gasteiger partial charge in [0.1, 0.15) is 0 Å². The minimum absolute atomic E-state index is 0.197. The molecule has 0 radical (unpaired) electrons. The highest BCUT2D eigenvalue weighted by molar-refractivity contribution is 6.51. The number of allylic oxidation sites excluding steroid dienone is 3. The first kappa shape index (κ1) is 9.35. The van der Waals surface area contributed by atoms with Crippen LogP contribution in [0.1, 0.15) is 20.8 Å². The van der Waals surface area contributed by atoms with Crippen molar-refractivity contribution in [2.45, 2.75) is 26.3 Å². The van der Waals surface area contributed by atoms with Crippen molar-refractivity contribution >= 4 is 7.12 Å². The Kier molecular flexibility index (Phi) is 2.30. The van der Waals surface area contributed by atoms with Crippen molar-refractivity contribution in [3.05, 3.63) is 23.3 Å². The van der Waals surface area contributed by atoms with Gasteiger partial charge in [-0.1, -0.05) is 6.08 Å². The molecule has 1 aliphatic rings. The molecule has 0 saturated heterocycles. The first-order valence-corrected chi connectivity index (χ1v) is 3.96. The Balaban J connectivity index is 2.93. The molecule has 0 saturated carbocycles. The summed E-state index contributed by atoms with van der Waals surface area (Å²) in [4.78, 5) is 0. The van der Waals surface area contributed by atoms with Crippen molar-refractivity contribution in [1.82, 2.24) is 5.32 Å². The smallest absolute Gasteiger partial charge is 0.423 e. The molecule has 0 bridgehead atoms. The van der Waals surface area contributed by atoms with E-state index in [2.05, 4.69) is 5.32 Å². The van der Waals surface area contributed by atoms with E-state index in [1.165, 1.54) is 0 Å². The number of dihydropyridines is 1. The molecule has 0 atom stereocenters. The van der Waals surface area contributed by atoms with Gasteiger partial charge in [-0.25, -0.2) is 0 Å². The Morgan fingerprint density at radius 1 is 1.42 bits per heavy atom. The van der Waals surface area contributed by atoms with Crippen LogP contribution in [-0.2, 0) is 0 Å². The van der Waals surface area contributed by atoms with Gasteiger partial charge in [0, 0.05) is 11.2 Å². The van der Waals surface area contributed by atoms with Crippen LogP contribution in [-0.4, -0.2) is 22.7 Å². The molecule has 0 fully saturated rings. The summed E-state index contributed by atoms with van der Waals surface area (Å²) in [6.07, 6.45) is 3.54. The second-order valence-corrected chi connectivity index (χ2v) is 3.69. The Labute approximate surface area is 72.9 Å². The number of hydrogen-bond donors (Lipinski definition) is 3. The van der Waals surface area contributed by atoms with Gasteiger partial charge in [-0.15, -0.1) is 0 Å². The monoisotopic (exact) mass is 167 g/mol. The van der Waals surface area contributed by atoms with E-state index >= 15 is 0 Å². The zero-order chi connectivity index (χ0) is 9.35. The maximum Gasteiger partial charge on any atom is 0.488 e. The third-order valence-corrected chi connectivity index (χ3v) is 1.73. The molecule has 4 heteroatoms. The molecule has 12 heavy (non-hydrogen) atoms. The van der Waals surface area contributed by atoms with Crippen molar-refractivity contribution in [2.75, 3.05) is 0 Å². The summed E-state index contributed by atoms with van der Waals surface area (Å²) in [7, 11) is -1.37. The largest absolute Gasteiger partial charge is 0.488 e. The van der Waals surface area contributed by atoms with Gasteiger partial charge in [-0.3, -0.25) is 0 Å².